The van der Waals surface area contributed by atoms with Gasteiger partial charge in [0, 0.05) is 19.4 Å². The molecular formula is C40H48N4O9. The van der Waals surface area contributed by atoms with Crippen LogP contribution in [0.5, 0.6) is 0 Å². The highest BCUT2D eigenvalue weighted by Gasteiger charge is 2.38. The van der Waals surface area contributed by atoms with Crippen LogP contribution >= 0.6 is 0 Å². The number of benzene rings is 3. The van der Waals surface area contributed by atoms with E-state index in [1.807, 2.05) is 24.3 Å². The minimum absolute atomic E-state index is 0.0602. The second kappa shape index (κ2) is 20.4. The van der Waals surface area contributed by atoms with E-state index < -0.39 is 66.0 Å². The van der Waals surface area contributed by atoms with Crippen LogP contribution in [0.25, 0.3) is 0 Å². The predicted molar refractivity (Wildman–Crippen MR) is 196 cm³/mol. The van der Waals surface area contributed by atoms with Gasteiger partial charge >= 0.3 is 18.0 Å². The summed E-state index contributed by atoms with van der Waals surface area (Å²) in [5, 5.41) is 18.0. The molecule has 0 spiro atoms. The van der Waals surface area contributed by atoms with Gasteiger partial charge in [0.1, 0.15) is 24.2 Å². The highest BCUT2D eigenvalue weighted by molar-refractivity contribution is 5.95. The Hall–Kier alpha value is -5.72. The number of carbonyl (C=O) groups excluding carboxylic acids is 5. The smallest absolute Gasteiger partial charge is 0.408 e. The molecule has 4 atom stereocenters. The maximum atomic E-state index is 14.1. The number of esters is 1. The zero-order chi connectivity index (χ0) is 38.2. The third-order valence-electron chi connectivity index (χ3n) is 8.71. The van der Waals surface area contributed by atoms with E-state index in [2.05, 4.69) is 16.0 Å². The van der Waals surface area contributed by atoms with Gasteiger partial charge in [-0.3, -0.25) is 14.4 Å². The van der Waals surface area contributed by atoms with Gasteiger partial charge in [-0.15, -0.1) is 0 Å². The van der Waals surface area contributed by atoms with Crippen LogP contribution in [-0.2, 0) is 41.5 Å². The lowest BCUT2D eigenvalue weighted by Crippen LogP contribution is -2.58. The van der Waals surface area contributed by atoms with Gasteiger partial charge in [0.25, 0.3) is 0 Å². The normalized spacial score (nSPS) is 15.5. The van der Waals surface area contributed by atoms with Gasteiger partial charge in [-0.1, -0.05) is 78.9 Å². The number of unbranched alkanes of at least 4 members (excludes halogenated alkanes) is 1. The Labute approximate surface area is 309 Å². The summed E-state index contributed by atoms with van der Waals surface area (Å²) in [7, 11) is 0. The van der Waals surface area contributed by atoms with E-state index in [1.54, 1.807) is 80.6 Å². The summed E-state index contributed by atoms with van der Waals surface area (Å²) in [5.74, 6) is -3.42. The summed E-state index contributed by atoms with van der Waals surface area (Å²) in [6.07, 6.45) is 0.635. The van der Waals surface area contributed by atoms with Gasteiger partial charge in [0.2, 0.25) is 17.7 Å². The number of carbonyl (C=O) groups is 6. The molecule has 13 nitrogen and oxygen atoms in total. The van der Waals surface area contributed by atoms with E-state index in [0.29, 0.717) is 31.2 Å². The van der Waals surface area contributed by atoms with Crippen LogP contribution in [0.3, 0.4) is 0 Å². The third-order valence-corrected chi connectivity index (χ3v) is 8.71. The third kappa shape index (κ3) is 12.8. The lowest BCUT2D eigenvalue weighted by molar-refractivity contribution is -0.149. The monoisotopic (exact) mass is 728 g/mol. The van der Waals surface area contributed by atoms with E-state index in [4.69, 9.17) is 9.47 Å². The van der Waals surface area contributed by atoms with Gasteiger partial charge in [0.15, 0.2) is 0 Å². The molecule has 0 unspecified atom stereocenters. The van der Waals surface area contributed by atoms with Crippen molar-refractivity contribution in [1.82, 2.24) is 20.9 Å². The van der Waals surface area contributed by atoms with Crippen molar-refractivity contribution in [3.63, 3.8) is 0 Å². The maximum absolute atomic E-state index is 14.1. The molecule has 282 valence electrons. The van der Waals surface area contributed by atoms with Crippen molar-refractivity contribution in [3.8, 4) is 0 Å². The van der Waals surface area contributed by atoms with Gasteiger partial charge in [0.05, 0.1) is 18.3 Å². The van der Waals surface area contributed by atoms with E-state index in [-0.39, 0.29) is 32.4 Å². The topological polar surface area (TPSA) is 180 Å². The van der Waals surface area contributed by atoms with Crippen LogP contribution in [-0.4, -0.2) is 89.2 Å². The first kappa shape index (κ1) is 40.1. The molecule has 53 heavy (non-hydrogen) atoms. The van der Waals surface area contributed by atoms with E-state index >= 15 is 0 Å². The molecule has 13 heteroatoms. The Balaban J connectivity index is 1.51. The number of nitrogens with zero attached hydrogens (tertiary/aromatic N) is 1. The van der Waals surface area contributed by atoms with Crippen LogP contribution in [0, 0.1) is 0 Å². The van der Waals surface area contributed by atoms with E-state index in [0.717, 1.165) is 11.1 Å². The number of amides is 4. The molecule has 3 aromatic carbocycles. The number of alkyl carbamates (subject to hydrolysis) is 1. The van der Waals surface area contributed by atoms with Crippen molar-refractivity contribution >= 4 is 35.8 Å². The number of carboxylic acids is 1. The zero-order valence-electron chi connectivity index (χ0n) is 30.1. The number of ether oxygens (including phenoxy) is 2. The van der Waals surface area contributed by atoms with Gasteiger partial charge in [-0.25, -0.2) is 14.4 Å². The molecule has 1 aliphatic heterocycles. The summed E-state index contributed by atoms with van der Waals surface area (Å²) >= 11 is 0. The number of nitrogens with one attached hydrogen (secondary N) is 3. The molecule has 1 aliphatic rings. The predicted octanol–water partition coefficient (Wildman–Crippen LogP) is 4.05. The fourth-order valence-corrected chi connectivity index (χ4v) is 6.07. The summed E-state index contributed by atoms with van der Waals surface area (Å²) in [5.41, 5.74) is 1.90. The Morgan fingerprint density at radius 1 is 0.736 bits per heavy atom. The average Bonchev–Trinajstić information content (AvgIpc) is 3.65. The van der Waals surface area contributed by atoms with E-state index in [1.165, 1.54) is 4.90 Å². The minimum Gasteiger partial charge on any atom is -0.480 e. The van der Waals surface area contributed by atoms with Crippen molar-refractivity contribution < 1.29 is 43.3 Å². The molecular weight excluding hydrogens is 680 g/mol. The summed E-state index contributed by atoms with van der Waals surface area (Å²) < 4.78 is 10.6. The average molecular weight is 729 g/mol. The number of hydrogen-bond acceptors (Lipinski definition) is 8. The molecule has 0 bridgehead atoms. The highest BCUT2D eigenvalue weighted by Crippen LogP contribution is 2.20. The number of carboxylic acid groups (broad SMARTS) is 1. The molecule has 1 heterocycles. The molecule has 0 aromatic heterocycles. The Morgan fingerprint density at radius 2 is 1.28 bits per heavy atom. The lowest BCUT2D eigenvalue weighted by atomic mass is 10.0. The van der Waals surface area contributed by atoms with Gasteiger partial charge < -0.3 is 35.4 Å². The molecule has 4 rings (SSSR count). The Morgan fingerprint density at radius 3 is 1.87 bits per heavy atom. The molecule has 3 aromatic rings. The largest absolute Gasteiger partial charge is 0.480 e. The van der Waals surface area contributed by atoms with Crippen LogP contribution in [0.2, 0.25) is 0 Å². The van der Waals surface area contributed by atoms with Crippen molar-refractivity contribution in [2.24, 2.45) is 0 Å². The fourth-order valence-electron chi connectivity index (χ4n) is 6.07. The van der Waals surface area contributed by atoms with Crippen LogP contribution in [0.4, 0.5) is 4.79 Å². The first-order chi connectivity index (χ1) is 25.5. The first-order valence-electron chi connectivity index (χ1n) is 17.9. The Kier molecular flexibility index (Phi) is 15.4. The number of hydrogen-bond donors (Lipinski definition) is 4. The van der Waals surface area contributed by atoms with Crippen molar-refractivity contribution in [2.45, 2.75) is 89.1 Å². The summed E-state index contributed by atoms with van der Waals surface area (Å²) in [6.45, 7) is 3.68. The number of likely N-dealkylation sites (tertiary alicyclic amines) is 1. The zero-order valence-corrected chi connectivity index (χ0v) is 30.1. The highest BCUT2D eigenvalue weighted by atomic mass is 16.6. The minimum atomic E-state index is -1.18. The fraction of sp³-hybridized carbons (Fsp3) is 0.400. The van der Waals surface area contributed by atoms with Crippen LogP contribution < -0.4 is 16.0 Å². The quantitative estimate of drug-likeness (QED) is 0.111. The van der Waals surface area contributed by atoms with Crippen LogP contribution in [0.1, 0.15) is 67.4 Å². The van der Waals surface area contributed by atoms with Crippen molar-refractivity contribution in [2.75, 3.05) is 13.2 Å². The number of rotatable bonds is 18. The molecule has 1 saturated heterocycles. The summed E-state index contributed by atoms with van der Waals surface area (Å²) in [4.78, 5) is 80.1. The van der Waals surface area contributed by atoms with Crippen LogP contribution in [0.15, 0.2) is 91.0 Å². The second-order valence-corrected chi connectivity index (χ2v) is 13.2. The lowest BCUT2D eigenvalue weighted by Gasteiger charge is -2.29. The van der Waals surface area contributed by atoms with Crippen molar-refractivity contribution in [1.29, 1.82) is 0 Å². The molecule has 0 saturated carbocycles. The molecule has 4 N–H and O–H groups in total. The van der Waals surface area contributed by atoms with E-state index in [9.17, 15) is 33.9 Å². The first-order valence-corrected chi connectivity index (χ1v) is 17.9. The second-order valence-electron chi connectivity index (χ2n) is 13.2. The maximum Gasteiger partial charge on any atom is 0.408 e. The summed E-state index contributed by atoms with van der Waals surface area (Å²) in [6, 6.07) is 22.2. The molecule has 1 fully saturated rings. The molecule has 0 radical (unpaired) electrons. The van der Waals surface area contributed by atoms with Gasteiger partial charge in [-0.05, 0) is 69.2 Å². The van der Waals surface area contributed by atoms with Crippen molar-refractivity contribution in [3.05, 3.63) is 108 Å². The molecule has 0 aliphatic carbocycles. The SMILES string of the molecule is CC(C)OC(=O)N[C@@H](CCCCOC(=O)c1ccccc1)C(=O)N[C@H](Cc1ccccc1)C(=O)N[C@@H](Cc1ccccc1)C(=O)N1CCC[C@@H]1C(=O)O. The number of aliphatic carboxylic acids is 1. The standard InChI is InChI=1S/C40H48N4O9/c1-27(2)53-40(51)43-31(21-12-13-24-52-39(50)30-19-10-5-11-20-30)35(45)41-32(25-28-15-6-3-7-16-28)36(46)42-33(26-29-17-8-4-9-18-29)37(47)44-23-14-22-34(44)38(48)49/h3-11,15-20,27,31-34H,12-14,21-26H2,1-2H3,(H,41,45)(H,42,46)(H,43,51)(H,48,49)/t31-,32+,33-,34+/m0/s1. The molecule has 4 amide bonds. The van der Waals surface area contributed by atoms with Gasteiger partial charge in [-0.2, -0.15) is 0 Å². The Bertz CT molecular complexity index is 1670.